The highest BCUT2D eigenvalue weighted by molar-refractivity contribution is 5.79. The van der Waals surface area contributed by atoms with E-state index >= 15 is 0 Å². The first kappa shape index (κ1) is 19.4. The van der Waals surface area contributed by atoms with Crippen LogP contribution in [0.4, 0.5) is 0 Å². The highest BCUT2D eigenvalue weighted by Gasteiger charge is 2.23. The van der Waals surface area contributed by atoms with Crippen molar-refractivity contribution in [2.24, 2.45) is 0 Å². The summed E-state index contributed by atoms with van der Waals surface area (Å²) in [7, 11) is 0. The van der Waals surface area contributed by atoms with Gasteiger partial charge in [-0.3, -0.25) is 14.4 Å². The fraction of sp³-hybridized carbons (Fsp3) is 0.812. The maximum Gasteiger partial charge on any atom is 0.224 e. The van der Waals surface area contributed by atoms with Gasteiger partial charge in [0.25, 0.3) is 0 Å². The van der Waals surface area contributed by atoms with E-state index in [1.165, 1.54) is 6.92 Å². The molecule has 7 nitrogen and oxygen atoms in total. The van der Waals surface area contributed by atoms with Crippen LogP contribution in [-0.2, 0) is 14.4 Å². The van der Waals surface area contributed by atoms with Gasteiger partial charge in [-0.15, -0.1) is 0 Å². The lowest BCUT2D eigenvalue weighted by Crippen LogP contribution is -2.51. The van der Waals surface area contributed by atoms with E-state index in [0.717, 1.165) is 19.6 Å². The zero-order valence-corrected chi connectivity index (χ0v) is 14.6. The summed E-state index contributed by atoms with van der Waals surface area (Å²) in [4.78, 5) is 40.9. The minimum Gasteiger partial charge on any atom is -0.356 e. The van der Waals surface area contributed by atoms with Crippen molar-refractivity contribution in [1.29, 1.82) is 0 Å². The Morgan fingerprint density at radius 2 is 1.39 bits per heavy atom. The molecule has 1 N–H and O–H groups in total. The Bertz CT molecular complexity index is 402. The second kappa shape index (κ2) is 10.2. The first-order valence-electron chi connectivity index (χ1n) is 8.50. The van der Waals surface area contributed by atoms with Crippen molar-refractivity contribution in [3.8, 4) is 0 Å². The Labute approximate surface area is 139 Å². The van der Waals surface area contributed by atoms with E-state index in [1.807, 2.05) is 4.90 Å². The smallest absolute Gasteiger partial charge is 0.224 e. The molecule has 0 aromatic carbocycles. The van der Waals surface area contributed by atoms with Crippen LogP contribution < -0.4 is 5.32 Å². The summed E-state index contributed by atoms with van der Waals surface area (Å²) >= 11 is 0. The van der Waals surface area contributed by atoms with Crippen LogP contribution in [0.1, 0.15) is 33.6 Å². The molecule has 0 aliphatic carbocycles. The van der Waals surface area contributed by atoms with E-state index in [0.29, 0.717) is 45.6 Å². The molecule has 3 amide bonds. The number of nitrogens with zero attached hydrogens (tertiary/aromatic N) is 3. The molecule has 0 atom stereocenters. The molecule has 0 spiro atoms. The molecular formula is C16H30N4O3. The van der Waals surface area contributed by atoms with Gasteiger partial charge < -0.3 is 20.0 Å². The monoisotopic (exact) mass is 326 g/mol. The number of hydrogen-bond donors (Lipinski definition) is 1. The Hall–Kier alpha value is -1.63. The third-order valence-electron chi connectivity index (χ3n) is 4.23. The number of carbonyl (C=O) groups is 3. The maximum atomic E-state index is 12.2. The average Bonchev–Trinajstić information content (AvgIpc) is 2.55. The Kier molecular flexibility index (Phi) is 8.61. The molecule has 0 unspecified atom stereocenters. The number of nitrogens with one attached hydrogen (secondary N) is 1. The summed E-state index contributed by atoms with van der Waals surface area (Å²) < 4.78 is 0. The molecule has 0 aromatic heterocycles. The van der Waals surface area contributed by atoms with Gasteiger partial charge in [0.1, 0.15) is 0 Å². The summed E-state index contributed by atoms with van der Waals surface area (Å²) in [5, 5.41) is 2.63. The SMILES string of the molecule is CCN(CC)CCC(=O)N1CCN(C(=O)CCNC(C)=O)CC1. The fourth-order valence-corrected chi connectivity index (χ4v) is 2.66. The molecule has 1 heterocycles. The molecule has 23 heavy (non-hydrogen) atoms. The van der Waals surface area contributed by atoms with E-state index < -0.39 is 0 Å². The first-order valence-corrected chi connectivity index (χ1v) is 8.50. The molecule has 1 aliphatic heterocycles. The van der Waals surface area contributed by atoms with Crippen molar-refractivity contribution >= 4 is 17.7 Å². The van der Waals surface area contributed by atoms with Crippen LogP contribution in [0, 0.1) is 0 Å². The number of amides is 3. The van der Waals surface area contributed by atoms with Crippen molar-refractivity contribution in [1.82, 2.24) is 20.0 Å². The molecule has 0 bridgehead atoms. The predicted octanol–water partition coefficient (Wildman–Crippen LogP) is -0.0847. The van der Waals surface area contributed by atoms with Crippen molar-refractivity contribution in [2.75, 3.05) is 52.4 Å². The fourth-order valence-electron chi connectivity index (χ4n) is 2.66. The number of hydrogen-bond acceptors (Lipinski definition) is 4. The van der Waals surface area contributed by atoms with Gasteiger partial charge >= 0.3 is 0 Å². The average molecular weight is 326 g/mol. The van der Waals surface area contributed by atoms with Crippen LogP contribution in [0.15, 0.2) is 0 Å². The van der Waals surface area contributed by atoms with Gasteiger partial charge in [0.05, 0.1) is 0 Å². The number of carbonyl (C=O) groups excluding carboxylic acids is 3. The molecular weight excluding hydrogens is 296 g/mol. The molecule has 0 aromatic rings. The lowest BCUT2D eigenvalue weighted by Gasteiger charge is -2.35. The second-order valence-electron chi connectivity index (χ2n) is 5.77. The van der Waals surface area contributed by atoms with Crippen molar-refractivity contribution in [3.63, 3.8) is 0 Å². The van der Waals surface area contributed by atoms with Crippen LogP contribution in [-0.4, -0.2) is 84.8 Å². The zero-order valence-electron chi connectivity index (χ0n) is 14.6. The summed E-state index contributed by atoms with van der Waals surface area (Å²) in [6, 6.07) is 0. The predicted molar refractivity (Wildman–Crippen MR) is 88.9 cm³/mol. The van der Waals surface area contributed by atoms with E-state index in [1.54, 1.807) is 4.90 Å². The first-order chi connectivity index (χ1) is 11.0. The van der Waals surface area contributed by atoms with Gasteiger partial charge in [0, 0.05) is 59.0 Å². The maximum absolute atomic E-state index is 12.2. The summed E-state index contributed by atoms with van der Waals surface area (Å²) in [6.45, 7) is 11.1. The van der Waals surface area contributed by atoms with Crippen molar-refractivity contribution in [2.45, 2.75) is 33.6 Å². The Morgan fingerprint density at radius 3 is 1.83 bits per heavy atom. The van der Waals surface area contributed by atoms with E-state index in [4.69, 9.17) is 0 Å². The minimum atomic E-state index is -0.124. The van der Waals surface area contributed by atoms with Crippen molar-refractivity contribution in [3.05, 3.63) is 0 Å². The van der Waals surface area contributed by atoms with Gasteiger partial charge in [0.2, 0.25) is 17.7 Å². The lowest BCUT2D eigenvalue weighted by molar-refractivity contribution is -0.139. The Balaban J connectivity index is 2.27. The molecule has 1 aliphatic rings. The molecule has 7 heteroatoms. The molecule has 132 valence electrons. The lowest BCUT2D eigenvalue weighted by atomic mass is 10.2. The van der Waals surface area contributed by atoms with Crippen LogP contribution in [0.25, 0.3) is 0 Å². The molecule has 1 saturated heterocycles. The number of rotatable bonds is 8. The van der Waals surface area contributed by atoms with Gasteiger partial charge in [-0.2, -0.15) is 0 Å². The quantitative estimate of drug-likeness (QED) is 0.677. The van der Waals surface area contributed by atoms with Gasteiger partial charge in [-0.05, 0) is 13.1 Å². The van der Waals surface area contributed by atoms with Crippen LogP contribution >= 0.6 is 0 Å². The van der Waals surface area contributed by atoms with Gasteiger partial charge in [-0.1, -0.05) is 13.8 Å². The van der Waals surface area contributed by atoms with Crippen LogP contribution in [0.2, 0.25) is 0 Å². The highest BCUT2D eigenvalue weighted by atomic mass is 16.2. The zero-order chi connectivity index (χ0) is 17.2. The van der Waals surface area contributed by atoms with Crippen molar-refractivity contribution < 1.29 is 14.4 Å². The topological polar surface area (TPSA) is 73.0 Å². The second-order valence-corrected chi connectivity index (χ2v) is 5.77. The molecule has 0 radical (unpaired) electrons. The van der Waals surface area contributed by atoms with E-state index in [-0.39, 0.29) is 17.7 Å². The van der Waals surface area contributed by atoms with E-state index in [9.17, 15) is 14.4 Å². The van der Waals surface area contributed by atoms with Crippen LogP contribution in [0.5, 0.6) is 0 Å². The number of piperazine rings is 1. The molecule has 1 fully saturated rings. The summed E-state index contributed by atoms with van der Waals surface area (Å²) in [6.07, 6.45) is 0.855. The minimum absolute atomic E-state index is 0.0361. The third kappa shape index (κ3) is 6.99. The summed E-state index contributed by atoms with van der Waals surface area (Å²) in [5.74, 6) is 0.0812. The molecule has 1 rings (SSSR count). The largest absolute Gasteiger partial charge is 0.356 e. The van der Waals surface area contributed by atoms with E-state index in [2.05, 4.69) is 24.1 Å². The summed E-state index contributed by atoms with van der Waals surface area (Å²) in [5.41, 5.74) is 0. The molecule has 0 saturated carbocycles. The highest BCUT2D eigenvalue weighted by Crippen LogP contribution is 2.06. The van der Waals surface area contributed by atoms with Gasteiger partial charge in [0.15, 0.2) is 0 Å². The third-order valence-corrected chi connectivity index (χ3v) is 4.23. The Morgan fingerprint density at radius 1 is 0.913 bits per heavy atom. The standard InChI is InChI=1S/C16H30N4O3/c1-4-18(5-2)9-7-16(23)20-12-10-19(11-13-20)15(22)6-8-17-14(3)21/h4-13H2,1-3H3,(H,17,21). The normalized spacial score (nSPS) is 15.0. The van der Waals surface area contributed by atoms with Gasteiger partial charge in [-0.25, -0.2) is 0 Å². The van der Waals surface area contributed by atoms with Crippen LogP contribution in [0.3, 0.4) is 0 Å².